The molecule has 0 fully saturated rings. The number of hydrogen-bond acceptors (Lipinski definition) is 4. The number of hydrogen-bond donors (Lipinski definition) is 3. The van der Waals surface area contributed by atoms with Crippen molar-refractivity contribution in [3.63, 3.8) is 0 Å². The van der Waals surface area contributed by atoms with E-state index in [1.807, 2.05) is 24.3 Å². The molecule has 0 saturated carbocycles. The van der Waals surface area contributed by atoms with E-state index in [9.17, 15) is 8.42 Å². The van der Waals surface area contributed by atoms with E-state index < -0.39 is 10.0 Å². The normalized spacial score (nSPS) is 11.7. The Balaban J connectivity index is 0.00000338. The molecule has 0 amide bonds. The molecule has 1 aromatic carbocycles. The van der Waals surface area contributed by atoms with E-state index in [0.29, 0.717) is 12.5 Å². The summed E-state index contributed by atoms with van der Waals surface area (Å²) in [6.07, 6.45) is 0. The van der Waals surface area contributed by atoms with Crippen LogP contribution < -0.4 is 15.4 Å². The van der Waals surface area contributed by atoms with Crippen molar-refractivity contribution in [1.82, 2.24) is 15.4 Å². The summed E-state index contributed by atoms with van der Waals surface area (Å²) in [5, 5.41) is 8.62. The Bertz CT molecular complexity index is 835. The minimum atomic E-state index is -3.27. The summed E-state index contributed by atoms with van der Waals surface area (Å²) in [4.78, 5) is 5.50. The Morgan fingerprint density at radius 2 is 1.85 bits per heavy atom. The Kier molecular flexibility index (Phi) is 9.55. The third-order valence-electron chi connectivity index (χ3n) is 3.73. The van der Waals surface area contributed by atoms with Crippen LogP contribution in [0.5, 0.6) is 0 Å². The summed E-state index contributed by atoms with van der Waals surface area (Å²) in [7, 11) is -0.117. The van der Waals surface area contributed by atoms with Gasteiger partial charge in [0, 0.05) is 18.5 Å². The molecule has 0 aliphatic rings. The zero-order chi connectivity index (χ0) is 18.3. The van der Waals surface area contributed by atoms with Gasteiger partial charge in [0.25, 0.3) is 0 Å². The minimum absolute atomic E-state index is 0. The number of benzene rings is 1. The highest BCUT2D eigenvalue weighted by atomic mass is 127. The van der Waals surface area contributed by atoms with Crippen LogP contribution in [0.4, 0.5) is 0 Å². The van der Waals surface area contributed by atoms with Gasteiger partial charge in [-0.15, -0.1) is 35.3 Å². The molecule has 0 saturated heterocycles. The van der Waals surface area contributed by atoms with Gasteiger partial charge in [-0.2, -0.15) is 0 Å². The third-order valence-corrected chi connectivity index (χ3v) is 6.09. The van der Waals surface area contributed by atoms with E-state index in [4.69, 9.17) is 0 Å². The van der Waals surface area contributed by atoms with Crippen LogP contribution in [0.15, 0.2) is 40.7 Å². The zero-order valence-corrected chi connectivity index (χ0v) is 19.0. The lowest BCUT2D eigenvalue weighted by Gasteiger charge is -2.12. The van der Waals surface area contributed by atoms with Crippen LogP contribution in [0.3, 0.4) is 0 Å². The van der Waals surface area contributed by atoms with Crippen molar-refractivity contribution in [3.05, 3.63) is 57.3 Å². The molecule has 0 atom stereocenters. The van der Waals surface area contributed by atoms with Gasteiger partial charge in [-0.1, -0.05) is 24.3 Å². The van der Waals surface area contributed by atoms with Crippen LogP contribution in [-0.4, -0.2) is 28.5 Å². The molecule has 0 aliphatic carbocycles. The van der Waals surface area contributed by atoms with E-state index in [1.165, 1.54) is 17.5 Å². The van der Waals surface area contributed by atoms with E-state index in [2.05, 4.69) is 38.7 Å². The number of aryl methyl sites for hydroxylation is 1. The molecule has 1 aromatic heterocycles. The summed E-state index contributed by atoms with van der Waals surface area (Å²) in [5.41, 5.74) is 3.02. The van der Waals surface area contributed by atoms with Gasteiger partial charge in [0.15, 0.2) is 5.96 Å². The SMILES string of the molecule is CN=C(NCc1cccc(CS(=O)(=O)NC)c1)NCc1sccc1C.I. The fraction of sp³-hybridized carbons (Fsp3) is 0.353. The molecule has 144 valence electrons. The molecule has 1 heterocycles. The van der Waals surface area contributed by atoms with Crippen LogP contribution in [0, 0.1) is 6.92 Å². The molecular weight excluding hydrogens is 483 g/mol. The van der Waals surface area contributed by atoms with Gasteiger partial charge in [-0.25, -0.2) is 13.1 Å². The van der Waals surface area contributed by atoms with Gasteiger partial charge in [0.05, 0.1) is 12.3 Å². The van der Waals surface area contributed by atoms with Gasteiger partial charge in [0.1, 0.15) is 0 Å². The predicted octanol–water partition coefficient (Wildman–Crippen LogP) is 2.59. The molecule has 0 bridgehead atoms. The van der Waals surface area contributed by atoms with Crippen LogP contribution in [0.1, 0.15) is 21.6 Å². The standard InChI is InChI=1S/C17H24N4O2S2.HI/c1-13-7-8-24-16(13)11-21-17(18-2)20-10-14-5-4-6-15(9-14)12-25(22,23)19-3;/h4-9,19H,10-12H2,1-3H3,(H2,18,20,21);1H. The maximum atomic E-state index is 11.7. The summed E-state index contributed by atoms with van der Waals surface area (Å²) >= 11 is 1.72. The fourth-order valence-corrected chi connectivity index (χ4v) is 3.89. The van der Waals surface area contributed by atoms with E-state index in [-0.39, 0.29) is 29.7 Å². The predicted molar refractivity (Wildman–Crippen MR) is 120 cm³/mol. The van der Waals surface area contributed by atoms with Crippen molar-refractivity contribution in [2.45, 2.75) is 25.8 Å². The second-order valence-corrected chi connectivity index (χ2v) is 8.52. The number of rotatable bonds is 7. The van der Waals surface area contributed by atoms with Gasteiger partial charge < -0.3 is 10.6 Å². The monoisotopic (exact) mass is 508 g/mol. The van der Waals surface area contributed by atoms with Crippen LogP contribution in [-0.2, 0) is 28.9 Å². The number of nitrogens with one attached hydrogen (secondary N) is 3. The maximum absolute atomic E-state index is 11.7. The third kappa shape index (κ3) is 7.22. The molecule has 2 aromatic rings. The summed E-state index contributed by atoms with van der Waals surface area (Å²) in [5.74, 6) is 0.683. The topological polar surface area (TPSA) is 82.6 Å². The number of sulfonamides is 1. The molecule has 0 aliphatic heterocycles. The molecule has 9 heteroatoms. The second kappa shape index (κ2) is 10.9. The highest BCUT2D eigenvalue weighted by molar-refractivity contribution is 14.0. The molecule has 2 rings (SSSR count). The van der Waals surface area contributed by atoms with Gasteiger partial charge >= 0.3 is 0 Å². The first-order chi connectivity index (χ1) is 11.9. The van der Waals surface area contributed by atoms with Crippen molar-refractivity contribution in [3.8, 4) is 0 Å². The first-order valence-corrected chi connectivity index (χ1v) is 10.4. The maximum Gasteiger partial charge on any atom is 0.215 e. The van der Waals surface area contributed by atoms with Gasteiger partial charge in [-0.3, -0.25) is 4.99 Å². The number of aliphatic imine (C=N–C) groups is 1. The lowest BCUT2D eigenvalue weighted by Crippen LogP contribution is -2.36. The largest absolute Gasteiger partial charge is 0.352 e. The van der Waals surface area contributed by atoms with E-state index in [1.54, 1.807) is 18.4 Å². The number of nitrogens with zero attached hydrogens (tertiary/aromatic N) is 1. The smallest absolute Gasteiger partial charge is 0.215 e. The van der Waals surface area contributed by atoms with Gasteiger partial charge in [-0.05, 0) is 42.1 Å². The molecule has 0 unspecified atom stereocenters. The van der Waals surface area contributed by atoms with Gasteiger partial charge in [0.2, 0.25) is 10.0 Å². The average Bonchev–Trinajstić information content (AvgIpc) is 3.00. The van der Waals surface area contributed by atoms with E-state index >= 15 is 0 Å². The zero-order valence-electron chi connectivity index (χ0n) is 15.1. The minimum Gasteiger partial charge on any atom is -0.352 e. The Hall–Kier alpha value is -1.17. The number of halogens is 1. The molecular formula is C17H25IN4O2S2. The Morgan fingerprint density at radius 3 is 2.46 bits per heavy atom. The average molecular weight is 508 g/mol. The first-order valence-electron chi connectivity index (χ1n) is 7.90. The van der Waals surface area contributed by atoms with Crippen molar-refractivity contribution in [2.24, 2.45) is 4.99 Å². The highest BCUT2D eigenvalue weighted by Crippen LogP contribution is 2.14. The van der Waals surface area contributed by atoms with Crippen molar-refractivity contribution < 1.29 is 8.42 Å². The Labute approximate surface area is 176 Å². The summed E-state index contributed by atoms with van der Waals surface area (Å²) in [6.45, 7) is 3.38. The number of guanidine groups is 1. The van der Waals surface area contributed by atoms with Crippen LogP contribution in [0.25, 0.3) is 0 Å². The Morgan fingerprint density at radius 1 is 1.15 bits per heavy atom. The van der Waals surface area contributed by atoms with Crippen LogP contribution >= 0.6 is 35.3 Å². The lowest BCUT2D eigenvalue weighted by atomic mass is 10.1. The van der Waals surface area contributed by atoms with Crippen LogP contribution in [0.2, 0.25) is 0 Å². The fourth-order valence-electron chi connectivity index (χ4n) is 2.28. The lowest BCUT2D eigenvalue weighted by molar-refractivity contribution is 0.587. The molecule has 3 N–H and O–H groups in total. The van der Waals surface area contributed by atoms with E-state index in [0.717, 1.165) is 17.7 Å². The second-order valence-electron chi connectivity index (χ2n) is 5.59. The molecule has 0 radical (unpaired) electrons. The molecule has 0 spiro atoms. The van der Waals surface area contributed by atoms with Crippen molar-refractivity contribution in [2.75, 3.05) is 14.1 Å². The molecule has 26 heavy (non-hydrogen) atoms. The van der Waals surface area contributed by atoms with Crippen molar-refractivity contribution in [1.29, 1.82) is 0 Å². The summed E-state index contributed by atoms with van der Waals surface area (Å²) < 4.78 is 25.7. The quantitative estimate of drug-likeness (QED) is 0.305. The molecule has 6 nitrogen and oxygen atoms in total. The first kappa shape index (κ1) is 22.9. The number of thiophene rings is 1. The van der Waals surface area contributed by atoms with Crippen molar-refractivity contribution >= 4 is 51.3 Å². The highest BCUT2D eigenvalue weighted by Gasteiger charge is 2.09. The summed E-state index contributed by atoms with van der Waals surface area (Å²) in [6, 6.07) is 9.62.